The molecule has 1 unspecified atom stereocenters. The van der Waals surface area contributed by atoms with Gasteiger partial charge in [-0.1, -0.05) is 6.42 Å². The summed E-state index contributed by atoms with van der Waals surface area (Å²) < 4.78 is 28.2. The van der Waals surface area contributed by atoms with Crippen molar-refractivity contribution in [3.63, 3.8) is 0 Å². The fraction of sp³-hybridized carbons (Fsp3) is 1.00. The smallest absolute Gasteiger partial charge is 0.279 e. The largest absolute Gasteiger partial charge is 0.316 e. The van der Waals surface area contributed by atoms with Gasteiger partial charge in [-0.2, -0.15) is 12.7 Å². The molecule has 0 aromatic rings. The van der Waals surface area contributed by atoms with Crippen LogP contribution in [0.15, 0.2) is 0 Å². The Morgan fingerprint density at radius 2 is 1.94 bits per heavy atom. The summed E-state index contributed by atoms with van der Waals surface area (Å²) in [4.78, 5) is 0. The second kappa shape index (κ2) is 7.65. The number of hydrogen-bond acceptors (Lipinski definition) is 3. The molecule has 7 heteroatoms. The zero-order valence-electron chi connectivity index (χ0n) is 10.7. The molecule has 2 fully saturated rings. The molecule has 0 amide bonds. The van der Waals surface area contributed by atoms with Crippen LogP contribution in [-0.2, 0) is 10.2 Å². The van der Waals surface area contributed by atoms with Crippen LogP contribution in [0.5, 0.6) is 0 Å². The zero-order chi connectivity index (χ0) is 12.1. The maximum atomic E-state index is 12.0. The van der Waals surface area contributed by atoms with Crippen LogP contribution in [0, 0.1) is 5.92 Å². The second-order valence-electron chi connectivity index (χ2n) is 5.01. The molecule has 2 aliphatic rings. The van der Waals surface area contributed by atoms with Crippen LogP contribution >= 0.6 is 12.4 Å². The molecule has 2 N–H and O–H groups in total. The first kappa shape index (κ1) is 16.2. The number of rotatable bonds is 5. The molecule has 5 nitrogen and oxygen atoms in total. The van der Waals surface area contributed by atoms with Crippen molar-refractivity contribution < 1.29 is 8.42 Å². The van der Waals surface area contributed by atoms with E-state index in [1.165, 1.54) is 6.42 Å². The minimum atomic E-state index is -3.21. The van der Waals surface area contributed by atoms with E-state index in [2.05, 4.69) is 10.0 Å². The summed E-state index contributed by atoms with van der Waals surface area (Å²) in [5, 5.41) is 3.30. The lowest BCUT2D eigenvalue weighted by Crippen LogP contribution is -2.43. The number of hydrogen-bond donors (Lipinski definition) is 2. The summed E-state index contributed by atoms with van der Waals surface area (Å²) in [7, 11) is -3.21. The van der Waals surface area contributed by atoms with Crippen LogP contribution in [0.4, 0.5) is 0 Å². The number of piperidine rings is 1. The fourth-order valence-corrected chi connectivity index (χ4v) is 3.85. The van der Waals surface area contributed by atoms with Crippen molar-refractivity contribution in [2.75, 3.05) is 32.7 Å². The maximum absolute atomic E-state index is 12.0. The minimum absolute atomic E-state index is 0. The van der Waals surface area contributed by atoms with Crippen molar-refractivity contribution in [1.82, 2.24) is 14.3 Å². The quantitative estimate of drug-likeness (QED) is 0.786. The van der Waals surface area contributed by atoms with E-state index in [1.807, 2.05) is 0 Å². The first-order chi connectivity index (χ1) is 8.18. The van der Waals surface area contributed by atoms with Gasteiger partial charge in [-0.3, -0.25) is 0 Å². The van der Waals surface area contributed by atoms with Crippen LogP contribution in [0.1, 0.15) is 32.1 Å². The van der Waals surface area contributed by atoms with Gasteiger partial charge in [0.1, 0.15) is 0 Å². The first-order valence-corrected chi connectivity index (χ1v) is 8.08. The van der Waals surface area contributed by atoms with Crippen LogP contribution in [0.2, 0.25) is 0 Å². The van der Waals surface area contributed by atoms with Crippen molar-refractivity contribution in [3.8, 4) is 0 Å². The molecule has 0 aliphatic carbocycles. The molecule has 0 aromatic carbocycles. The van der Waals surface area contributed by atoms with Crippen molar-refractivity contribution in [2.45, 2.75) is 32.1 Å². The van der Waals surface area contributed by atoms with Gasteiger partial charge in [-0.05, 0) is 44.7 Å². The Balaban J connectivity index is 0.00000162. The Kier molecular flexibility index (Phi) is 6.87. The molecule has 0 aromatic heterocycles. The van der Waals surface area contributed by atoms with Gasteiger partial charge in [0, 0.05) is 19.6 Å². The molecule has 18 heavy (non-hydrogen) atoms. The van der Waals surface area contributed by atoms with Gasteiger partial charge in [0.25, 0.3) is 10.2 Å². The Morgan fingerprint density at radius 3 is 2.56 bits per heavy atom. The standard InChI is InChI=1S/C11H23N3O2S.ClH/c15-17(16,14-8-2-1-3-9-14)13-7-5-11-4-6-12-10-11;/h11-13H,1-10H2;1H. The predicted molar refractivity (Wildman–Crippen MR) is 75.2 cm³/mol. The van der Waals surface area contributed by atoms with Crippen LogP contribution < -0.4 is 10.0 Å². The average molecular weight is 298 g/mol. The number of nitrogens with one attached hydrogen (secondary N) is 2. The van der Waals surface area contributed by atoms with Gasteiger partial charge in [0.05, 0.1) is 0 Å². The average Bonchev–Trinajstić information content (AvgIpc) is 2.83. The van der Waals surface area contributed by atoms with E-state index in [1.54, 1.807) is 4.31 Å². The lowest BCUT2D eigenvalue weighted by Gasteiger charge is -2.26. The van der Waals surface area contributed by atoms with Crippen LogP contribution in [-0.4, -0.2) is 45.4 Å². The monoisotopic (exact) mass is 297 g/mol. The summed E-state index contributed by atoms with van der Waals surface area (Å²) in [5.41, 5.74) is 0. The van der Waals surface area contributed by atoms with Gasteiger partial charge in [-0.15, -0.1) is 12.4 Å². The van der Waals surface area contributed by atoms with E-state index in [9.17, 15) is 8.42 Å². The van der Waals surface area contributed by atoms with E-state index in [4.69, 9.17) is 0 Å². The molecule has 2 saturated heterocycles. The molecule has 1 atom stereocenters. The maximum Gasteiger partial charge on any atom is 0.279 e. The van der Waals surface area contributed by atoms with Crippen molar-refractivity contribution in [3.05, 3.63) is 0 Å². The third-order valence-electron chi connectivity index (χ3n) is 3.65. The highest BCUT2D eigenvalue weighted by molar-refractivity contribution is 7.87. The summed E-state index contributed by atoms with van der Waals surface area (Å²) in [6, 6.07) is 0. The third-order valence-corrected chi connectivity index (χ3v) is 5.27. The molecule has 0 spiro atoms. The lowest BCUT2D eigenvalue weighted by atomic mass is 10.1. The normalized spacial score (nSPS) is 25.9. The third kappa shape index (κ3) is 4.66. The first-order valence-electron chi connectivity index (χ1n) is 6.64. The fourth-order valence-electron chi connectivity index (χ4n) is 2.55. The molecule has 0 bridgehead atoms. The molecular formula is C11H24ClN3O2S. The van der Waals surface area contributed by atoms with E-state index in [0.717, 1.165) is 38.8 Å². The molecule has 2 aliphatic heterocycles. The van der Waals surface area contributed by atoms with Gasteiger partial charge in [0.2, 0.25) is 0 Å². The lowest BCUT2D eigenvalue weighted by molar-refractivity contribution is 0.340. The highest BCUT2D eigenvalue weighted by atomic mass is 35.5. The minimum Gasteiger partial charge on any atom is -0.316 e. The summed E-state index contributed by atoms with van der Waals surface area (Å²) in [6.07, 6.45) is 5.26. The van der Waals surface area contributed by atoms with E-state index in [-0.39, 0.29) is 12.4 Å². The summed E-state index contributed by atoms with van der Waals surface area (Å²) in [5.74, 6) is 0.638. The van der Waals surface area contributed by atoms with Gasteiger partial charge in [0.15, 0.2) is 0 Å². The van der Waals surface area contributed by atoms with E-state index in [0.29, 0.717) is 25.6 Å². The van der Waals surface area contributed by atoms with Crippen molar-refractivity contribution >= 4 is 22.6 Å². The van der Waals surface area contributed by atoms with Crippen molar-refractivity contribution in [1.29, 1.82) is 0 Å². The van der Waals surface area contributed by atoms with Gasteiger partial charge in [-0.25, -0.2) is 4.72 Å². The molecule has 0 radical (unpaired) electrons. The Bertz CT molecular complexity index is 325. The predicted octanol–water partition coefficient (Wildman–Crippen LogP) is 0.728. The SMILES string of the molecule is Cl.O=S(=O)(NCCC1CCNC1)N1CCCCC1. The Morgan fingerprint density at radius 1 is 1.22 bits per heavy atom. The topological polar surface area (TPSA) is 61.4 Å². The molecular weight excluding hydrogens is 274 g/mol. The van der Waals surface area contributed by atoms with Crippen LogP contribution in [0.3, 0.4) is 0 Å². The number of halogens is 1. The Labute approximate surface area is 116 Å². The summed E-state index contributed by atoms with van der Waals surface area (Å²) in [6.45, 7) is 4.04. The highest BCUT2D eigenvalue weighted by Gasteiger charge is 2.23. The van der Waals surface area contributed by atoms with E-state index < -0.39 is 10.2 Å². The number of nitrogens with zero attached hydrogens (tertiary/aromatic N) is 1. The molecule has 2 heterocycles. The molecule has 2 rings (SSSR count). The Hall–Kier alpha value is 0.120. The highest BCUT2D eigenvalue weighted by Crippen LogP contribution is 2.13. The van der Waals surface area contributed by atoms with E-state index >= 15 is 0 Å². The van der Waals surface area contributed by atoms with Crippen molar-refractivity contribution in [2.24, 2.45) is 5.92 Å². The summed E-state index contributed by atoms with van der Waals surface area (Å²) >= 11 is 0. The second-order valence-corrected chi connectivity index (χ2v) is 6.76. The van der Waals surface area contributed by atoms with Crippen LogP contribution in [0.25, 0.3) is 0 Å². The molecule has 108 valence electrons. The molecule has 0 saturated carbocycles. The zero-order valence-corrected chi connectivity index (χ0v) is 12.4. The van der Waals surface area contributed by atoms with Gasteiger partial charge < -0.3 is 5.32 Å². The van der Waals surface area contributed by atoms with Gasteiger partial charge >= 0.3 is 0 Å².